The van der Waals surface area contributed by atoms with Gasteiger partial charge < -0.3 is 5.32 Å². The van der Waals surface area contributed by atoms with Gasteiger partial charge in [0.1, 0.15) is 5.82 Å². The van der Waals surface area contributed by atoms with Crippen molar-refractivity contribution in [3.05, 3.63) is 71.4 Å². The van der Waals surface area contributed by atoms with E-state index in [1.165, 1.54) is 12.1 Å². The molecule has 0 spiro atoms. The number of anilines is 2. The van der Waals surface area contributed by atoms with Crippen LogP contribution in [0.4, 0.5) is 11.5 Å². The van der Waals surface area contributed by atoms with Crippen molar-refractivity contribution in [1.82, 2.24) is 9.78 Å². The lowest BCUT2D eigenvalue weighted by molar-refractivity contribution is 0.102. The molecule has 1 heterocycles. The molecule has 7 nitrogen and oxygen atoms in total. The van der Waals surface area contributed by atoms with E-state index in [0.29, 0.717) is 11.3 Å². The number of hydrogen-bond donors (Lipinski definition) is 2. The van der Waals surface area contributed by atoms with Crippen LogP contribution in [0.1, 0.15) is 28.0 Å². The Labute approximate surface area is 163 Å². The molecule has 28 heavy (non-hydrogen) atoms. The van der Waals surface area contributed by atoms with E-state index in [0.717, 1.165) is 36.3 Å². The summed E-state index contributed by atoms with van der Waals surface area (Å²) in [6.45, 7) is 0. The molecule has 2 N–H and O–H groups in total. The zero-order chi connectivity index (χ0) is 19.7. The Morgan fingerprint density at radius 2 is 1.75 bits per heavy atom. The topological polar surface area (TPSA) is 93.1 Å². The van der Waals surface area contributed by atoms with Gasteiger partial charge in [-0.05, 0) is 55.7 Å². The summed E-state index contributed by atoms with van der Waals surface area (Å²) in [6, 6.07) is 14.5. The van der Waals surface area contributed by atoms with E-state index in [1.54, 1.807) is 47.1 Å². The van der Waals surface area contributed by atoms with Crippen molar-refractivity contribution in [1.29, 1.82) is 0 Å². The minimum absolute atomic E-state index is 0.182. The first-order valence-corrected chi connectivity index (χ1v) is 10.5. The van der Waals surface area contributed by atoms with E-state index in [9.17, 15) is 13.2 Å². The molecule has 1 aliphatic rings. The van der Waals surface area contributed by atoms with Crippen molar-refractivity contribution < 1.29 is 13.2 Å². The van der Waals surface area contributed by atoms with Crippen LogP contribution < -0.4 is 10.0 Å². The highest BCUT2D eigenvalue weighted by Gasteiger charge is 2.22. The molecular formula is C20H20N4O3S. The van der Waals surface area contributed by atoms with E-state index < -0.39 is 10.0 Å². The summed E-state index contributed by atoms with van der Waals surface area (Å²) in [5.74, 6) is 0.474. The molecule has 1 aliphatic carbocycles. The van der Waals surface area contributed by atoms with E-state index in [-0.39, 0.29) is 10.8 Å². The summed E-state index contributed by atoms with van der Waals surface area (Å²) in [5, 5.41) is 7.37. The number of carbonyl (C=O) groups is 1. The lowest BCUT2D eigenvalue weighted by Crippen LogP contribution is -2.16. The first-order chi connectivity index (χ1) is 13.4. The Morgan fingerprint density at radius 1 is 1.04 bits per heavy atom. The second-order valence-electron chi connectivity index (χ2n) is 6.70. The lowest BCUT2D eigenvalue weighted by atomic mass is 10.2. The first-order valence-electron chi connectivity index (χ1n) is 8.98. The molecule has 2 aromatic carbocycles. The average Bonchev–Trinajstić information content (AvgIpc) is 3.25. The van der Waals surface area contributed by atoms with Crippen LogP contribution in [0.15, 0.2) is 59.5 Å². The third kappa shape index (κ3) is 3.50. The molecule has 4 rings (SSSR count). The number of nitrogens with zero attached hydrogens (tertiary/aromatic N) is 2. The number of benzene rings is 2. The average molecular weight is 396 g/mol. The quantitative estimate of drug-likeness (QED) is 0.693. The minimum Gasteiger partial charge on any atom is -0.307 e. The molecule has 0 bridgehead atoms. The van der Waals surface area contributed by atoms with E-state index in [1.807, 2.05) is 7.05 Å². The van der Waals surface area contributed by atoms with Gasteiger partial charge in [0.15, 0.2) is 0 Å². The van der Waals surface area contributed by atoms with Crippen LogP contribution in [0, 0.1) is 0 Å². The summed E-state index contributed by atoms with van der Waals surface area (Å²) in [7, 11) is -1.85. The SMILES string of the molecule is Cn1nc2c(c1NC(=O)c1ccc(NS(=O)(=O)c3ccccc3)cc1)CCC2. The van der Waals surface area contributed by atoms with Crippen molar-refractivity contribution in [3.8, 4) is 0 Å². The van der Waals surface area contributed by atoms with E-state index in [2.05, 4.69) is 15.1 Å². The Hall–Kier alpha value is -3.13. The fourth-order valence-electron chi connectivity index (χ4n) is 3.36. The van der Waals surface area contributed by atoms with Gasteiger partial charge in [-0.15, -0.1) is 0 Å². The number of fused-ring (bicyclic) bond motifs is 1. The number of aromatic nitrogens is 2. The molecule has 0 fully saturated rings. The van der Waals surface area contributed by atoms with Crippen molar-refractivity contribution in [2.45, 2.75) is 24.2 Å². The molecule has 0 saturated carbocycles. The van der Waals surface area contributed by atoms with Crippen LogP contribution in [0.5, 0.6) is 0 Å². The van der Waals surface area contributed by atoms with Crippen LogP contribution in [0.25, 0.3) is 0 Å². The fraction of sp³-hybridized carbons (Fsp3) is 0.200. The van der Waals surface area contributed by atoms with E-state index >= 15 is 0 Å². The summed E-state index contributed by atoms with van der Waals surface area (Å²) in [5.41, 5.74) is 2.98. The van der Waals surface area contributed by atoms with Gasteiger partial charge in [-0.1, -0.05) is 18.2 Å². The third-order valence-corrected chi connectivity index (χ3v) is 6.15. The Balaban J connectivity index is 1.48. The molecule has 0 radical (unpaired) electrons. The number of carbonyl (C=O) groups excluding carboxylic acids is 1. The number of rotatable bonds is 5. The Kier molecular flexibility index (Phi) is 4.64. The molecule has 0 saturated heterocycles. The van der Waals surface area contributed by atoms with Crippen molar-refractivity contribution >= 4 is 27.4 Å². The van der Waals surface area contributed by atoms with Crippen LogP contribution in [0.3, 0.4) is 0 Å². The molecule has 3 aromatic rings. The lowest BCUT2D eigenvalue weighted by Gasteiger charge is -2.10. The van der Waals surface area contributed by atoms with Gasteiger partial charge in [0.25, 0.3) is 15.9 Å². The highest BCUT2D eigenvalue weighted by molar-refractivity contribution is 7.92. The summed E-state index contributed by atoms with van der Waals surface area (Å²) >= 11 is 0. The highest BCUT2D eigenvalue weighted by atomic mass is 32.2. The second kappa shape index (κ2) is 7.12. The van der Waals surface area contributed by atoms with Gasteiger partial charge in [-0.2, -0.15) is 5.10 Å². The number of nitrogens with one attached hydrogen (secondary N) is 2. The number of hydrogen-bond acceptors (Lipinski definition) is 4. The van der Waals surface area contributed by atoms with Crippen LogP contribution in [-0.2, 0) is 29.9 Å². The molecule has 0 aliphatic heterocycles. The van der Waals surface area contributed by atoms with Gasteiger partial charge >= 0.3 is 0 Å². The van der Waals surface area contributed by atoms with Crippen molar-refractivity contribution in [2.75, 3.05) is 10.0 Å². The summed E-state index contributed by atoms with van der Waals surface area (Å²) in [4.78, 5) is 12.8. The third-order valence-electron chi connectivity index (χ3n) is 4.75. The van der Waals surface area contributed by atoms with Crippen molar-refractivity contribution in [2.24, 2.45) is 7.05 Å². The first kappa shape index (κ1) is 18.2. The molecule has 1 amide bonds. The zero-order valence-corrected chi connectivity index (χ0v) is 16.2. The molecule has 8 heteroatoms. The fourth-order valence-corrected chi connectivity index (χ4v) is 4.44. The monoisotopic (exact) mass is 396 g/mol. The number of sulfonamides is 1. The molecule has 0 unspecified atom stereocenters. The maximum atomic E-state index is 12.6. The predicted molar refractivity (Wildman–Crippen MR) is 107 cm³/mol. The maximum absolute atomic E-state index is 12.6. The second-order valence-corrected chi connectivity index (χ2v) is 8.38. The summed E-state index contributed by atoms with van der Waals surface area (Å²) in [6.07, 6.45) is 2.91. The van der Waals surface area contributed by atoms with E-state index in [4.69, 9.17) is 0 Å². The molecular weight excluding hydrogens is 376 g/mol. The smallest absolute Gasteiger partial charge is 0.261 e. The van der Waals surface area contributed by atoms with Gasteiger partial charge in [0.05, 0.1) is 10.6 Å². The minimum atomic E-state index is -3.66. The Morgan fingerprint density at radius 3 is 2.46 bits per heavy atom. The van der Waals surface area contributed by atoms with Gasteiger partial charge in [-0.3, -0.25) is 14.2 Å². The number of amides is 1. The normalized spacial score (nSPS) is 13.2. The summed E-state index contributed by atoms with van der Waals surface area (Å²) < 4.78 is 29.0. The van der Waals surface area contributed by atoms with Crippen LogP contribution >= 0.6 is 0 Å². The predicted octanol–water partition coefficient (Wildman–Crippen LogP) is 2.96. The van der Waals surface area contributed by atoms with Gasteiger partial charge in [-0.25, -0.2) is 8.42 Å². The molecule has 0 atom stereocenters. The Bertz CT molecular complexity index is 1120. The van der Waals surface area contributed by atoms with Crippen molar-refractivity contribution in [3.63, 3.8) is 0 Å². The van der Waals surface area contributed by atoms with Gasteiger partial charge in [0.2, 0.25) is 0 Å². The maximum Gasteiger partial charge on any atom is 0.261 e. The standard InChI is InChI=1S/C20H20N4O3S/c1-24-19(17-8-5-9-18(17)22-24)21-20(25)14-10-12-15(13-11-14)23-28(26,27)16-6-3-2-4-7-16/h2-4,6-7,10-13,23H,5,8-9H2,1H3,(H,21,25). The molecule has 1 aromatic heterocycles. The van der Waals surface area contributed by atoms with Gasteiger partial charge in [0, 0.05) is 23.9 Å². The van der Waals surface area contributed by atoms with Crippen LogP contribution in [0.2, 0.25) is 0 Å². The molecule has 144 valence electrons. The van der Waals surface area contributed by atoms with Crippen LogP contribution in [-0.4, -0.2) is 24.1 Å². The number of aryl methyl sites for hydroxylation is 2. The largest absolute Gasteiger partial charge is 0.307 e. The highest BCUT2D eigenvalue weighted by Crippen LogP contribution is 2.28. The zero-order valence-electron chi connectivity index (χ0n) is 15.3.